The quantitative estimate of drug-likeness (QED) is 0.921. The van der Waals surface area contributed by atoms with Crippen LogP contribution in [0.4, 0.5) is 4.39 Å². The number of hydrogen-bond donors (Lipinski definition) is 1. The number of nitrogens with zero attached hydrogens (tertiary/aromatic N) is 2. The number of rotatable bonds is 5. The lowest BCUT2D eigenvalue weighted by atomic mass is 9.93. The topological polar surface area (TPSA) is 58.2 Å². The minimum absolute atomic E-state index is 0.0115. The van der Waals surface area contributed by atoms with Gasteiger partial charge in [0.15, 0.2) is 6.61 Å². The van der Waals surface area contributed by atoms with E-state index in [9.17, 15) is 9.18 Å². The summed E-state index contributed by atoms with van der Waals surface area (Å²) in [6, 6.07) is 7.67. The molecule has 1 atom stereocenters. The third-order valence-electron chi connectivity index (χ3n) is 4.11. The third-order valence-corrected chi connectivity index (χ3v) is 4.11. The van der Waals surface area contributed by atoms with Crippen molar-refractivity contribution in [3.63, 3.8) is 0 Å². The van der Waals surface area contributed by atoms with Gasteiger partial charge in [-0.25, -0.2) is 4.39 Å². The van der Waals surface area contributed by atoms with E-state index in [2.05, 4.69) is 10.2 Å². The standard InChI is InChI=1S/C17H20FN3O2/c18-14-3-5-16(6-4-14)23-12-17(22)21-9-1-2-13(11-21)10-15-7-8-19-20-15/h3-8,13H,1-2,9-12H2,(H,19,20). The van der Waals surface area contributed by atoms with Gasteiger partial charge in [0.05, 0.1) is 0 Å². The van der Waals surface area contributed by atoms with Crippen LogP contribution in [0.2, 0.25) is 0 Å². The molecule has 0 saturated carbocycles. The molecule has 1 aliphatic heterocycles. The normalized spacial score (nSPS) is 18.0. The summed E-state index contributed by atoms with van der Waals surface area (Å²) < 4.78 is 18.3. The molecular weight excluding hydrogens is 297 g/mol. The second-order valence-corrected chi connectivity index (χ2v) is 5.88. The van der Waals surface area contributed by atoms with Crippen LogP contribution in [0.15, 0.2) is 36.5 Å². The molecule has 1 amide bonds. The Hall–Kier alpha value is -2.37. The number of likely N-dealkylation sites (tertiary alicyclic amines) is 1. The second kappa shape index (κ2) is 7.26. The smallest absolute Gasteiger partial charge is 0.260 e. The van der Waals surface area contributed by atoms with E-state index in [4.69, 9.17) is 4.74 Å². The number of benzene rings is 1. The first-order chi connectivity index (χ1) is 11.2. The summed E-state index contributed by atoms with van der Waals surface area (Å²) in [7, 11) is 0. The fourth-order valence-electron chi connectivity index (χ4n) is 2.93. The molecule has 2 heterocycles. The number of aromatic nitrogens is 2. The number of carbonyl (C=O) groups excluding carboxylic acids is 1. The zero-order valence-electron chi connectivity index (χ0n) is 12.9. The van der Waals surface area contributed by atoms with Crippen LogP contribution in [0.1, 0.15) is 18.5 Å². The Labute approximate surface area is 134 Å². The predicted molar refractivity (Wildman–Crippen MR) is 83.5 cm³/mol. The van der Waals surface area contributed by atoms with Crippen LogP contribution in [0, 0.1) is 11.7 Å². The van der Waals surface area contributed by atoms with Gasteiger partial charge >= 0.3 is 0 Å². The number of ether oxygens (including phenoxy) is 1. The number of hydrogen-bond acceptors (Lipinski definition) is 3. The van der Waals surface area contributed by atoms with E-state index in [0.29, 0.717) is 11.7 Å². The number of halogens is 1. The molecule has 1 fully saturated rings. The lowest BCUT2D eigenvalue weighted by molar-refractivity contribution is -0.135. The largest absolute Gasteiger partial charge is 0.484 e. The van der Waals surface area contributed by atoms with Gasteiger partial charge in [-0.05, 0) is 55.5 Å². The maximum absolute atomic E-state index is 12.8. The zero-order chi connectivity index (χ0) is 16.1. The molecule has 2 aromatic rings. The number of H-pyrrole nitrogens is 1. The van der Waals surface area contributed by atoms with Gasteiger partial charge in [-0.15, -0.1) is 0 Å². The van der Waals surface area contributed by atoms with E-state index in [1.807, 2.05) is 11.0 Å². The highest BCUT2D eigenvalue weighted by atomic mass is 19.1. The highest BCUT2D eigenvalue weighted by molar-refractivity contribution is 5.77. The van der Waals surface area contributed by atoms with Crippen molar-refractivity contribution in [3.05, 3.63) is 48.0 Å². The molecule has 5 nitrogen and oxygen atoms in total. The van der Waals surface area contributed by atoms with Crippen molar-refractivity contribution in [2.45, 2.75) is 19.3 Å². The number of amides is 1. The van der Waals surface area contributed by atoms with Crippen molar-refractivity contribution in [3.8, 4) is 5.75 Å². The van der Waals surface area contributed by atoms with Crippen molar-refractivity contribution in [2.75, 3.05) is 19.7 Å². The van der Waals surface area contributed by atoms with E-state index < -0.39 is 0 Å². The summed E-state index contributed by atoms with van der Waals surface area (Å²) >= 11 is 0. The van der Waals surface area contributed by atoms with Crippen LogP contribution < -0.4 is 4.74 Å². The molecule has 1 aromatic carbocycles. The van der Waals surface area contributed by atoms with E-state index in [1.54, 1.807) is 6.20 Å². The fraction of sp³-hybridized carbons (Fsp3) is 0.412. The van der Waals surface area contributed by atoms with Crippen molar-refractivity contribution in [1.82, 2.24) is 15.1 Å². The van der Waals surface area contributed by atoms with Crippen LogP contribution >= 0.6 is 0 Å². The van der Waals surface area contributed by atoms with Gasteiger partial charge in [0.1, 0.15) is 11.6 Å². The van der Waals surface area contributed by atoms with Crippen LogP contribution in [0.5, 0.6) is 5.75 Å². The fourth-order valence-corrected chi connectivity index (χ4v) is 2.93. The highest BCUT2D eigenvalue weighted by Gasteiger charge is 2.24. The first kappa shape index (κ1) is 15.5. The first-order valence-electron chi connectivity index (χ1n) is 7.85. The molecule has 1 N–H and O–H groups in total. The molecule has 1 aromatic heterocycles. The lowest BCUT2D eigenvalue weighted by Gasteiger charge is -2.32. The Bertz CT molecular complexity index is 628. The second-order valence-electron chi connectivity index (χ2n) is 5.88. The van der Waals surface area contributed by atoms with Crippen molar-refractivity contribution < 1.29 is 13.9 Å². The summed E-state index contributed by atoms with van der Waals surface area (Å²) in [4.78, 5) is 14.1. The van der Waals surface area contributed by atoms with Crippen LogP contribution in [0.25, 0.3) is 0 Å². The molecule has 0 aliphatic carbocycles. The number of aromatic amines is 1. The molecule has 0 bridgehead atoms. The summed E-state index contributed by atoms with van der Waals surface area (Å²) in [5.74, 6) is 0.606. The number of carbonyl (C=O) groups is 1. The lowest BCUT2D eigenvalue weighted by Crippen LogP contribution is -2.42. The molecular formula is C17H20FN3O2. The number of nitrogens with one attached hydrogen (secondary N) is 1. The minimum Gasteiger partial charge on any atom is -0.484 e. The summed E-state index contributed by atoms with van der Waals surface area (Å²) in [6.45, 7) is 1.50. The van der Waals surface area contributed by atoms with E-state index in [-0.39, 0.29) is 18.3 Å². The molecule has 0 spiro atoms. The molecule has 0 radical (unpaired) electrons. The van der Waals surface area contributed by atoms with Gasteiger partial charge in [0, 0.05) is 25.0 Å². The molecule has 3 rings (SSSR count). The van der Waals surface area contributed by atoms with Gasteiger partial charge in [0.2, 0.25) is 0 Å². The molecule has 122 valence electrons. The molecule has 1 saturated heterocycles. The van der Waals surface area contributed by atoms with Gasteiger partial charge in [0.25, 0.3) is 5.91 Å². The average Bonchev–Trinajstić information content (AvgIpc) is 3.07. The molecule has 6 heteroatoms. The van der Waals surface area contributed by atoms with E-state index >= 15 is 0 Å². The maximum atomic E-state index is 12.8. The van der Waals surface area contributed by atoms with Crippen molar-refractivity contribution in [1.29, 1.82) is 0 Å². The number of piperidine rings is 1. The van der Waals surface area contributed by atoms with E-state index in [0.717, 1.165) is 38.0 Å². The molecule has 1 unspecified atom stereocenters. The summed E-state index contributed by atoms with van der Waals surface area (Å²) in [5.41, 5.74) is 1.10. The molecule has 1 aliphatic rings. The van der Waals surface area contributed by atoms with E-state index in [1.165, 1.54) is 24.3 Å². The van der Waals surface area contributed by atoms with Crippen LogP contribution in [-0.2, 0) is 11.2 Å². The van der Waals surface area contributed by atoms with Gasteiger partial charge < -0.3 is 9.64 Å². The monoisotopic (exact) mass is 317 g/mol. The Morgan fingerprint density at radius 1 is 1.35 bits per heavy atom. The third kappa shape index (κ3) is 4.31. The van der Waals surface area contributed by atoms with Gasteiger partial charge in [-0.1, -0.05) is 0 Å². The first-order valence-corrected chi connectivity index (χ1v) is 7.85. The zero-order valence-corrected chi connectivity index (χ0v) is 12.9. The highest BCUT2D eigenvalue weighted by Crippen LogP contribution is 2.20. The minimum atomic E-state index is -0.318. The van der Waals surface area contributed by atoms with Crippen molar-refractivity contribution >= 4 is 5.91 Å². The van der Waals surface area contributed by atoms with Crippen LogP contribution in [0.3, 0.4) is 0 Å². The van der Waals surface area contributed by atoms with Gasteiger partial charge in [-0.3, -0.25) is 9.89 Å². The SMILES string of the molecule is O=C(COc1ccc(F)cc1)N1CCCC(Cc2ccn[nH]2)C1. The Morgan fingerprint density at radius 2 is 2.17 bits per heavy atom. The average molecular weight is 317 g/mol. The van der Waals surface area contributed by atoms with Crippen LogP contribution in [-0.4, -0.2) is 40.7 Å². The predicted octanol–water partition coefficient (Wildman–Crippen LogP) is 2.41. The van der Waals surface area contributed by atoms with Gasteiger partial charge in [-0.2, -0.15) is 5.10 Å². The Balaban J connectivity index is 1.49. The van der Waals surface area contributed by atoms with Crippen molar-refractivity contribution in [2.24, 2.45) is 5.92 Å². The summed E-state index contributed by atoms with van der Waals surface area (Å²) in [5, 5.41) is 6.93. The Kier molecular flexibility index (Phi) is 4.90. The molecule has 23 heavy (non-hydrogen) atoms. The Morgan fingerprint density at radius 3 is 2.91 bits per heavy atom. The maximum Gasteiger partial charge on any atom is 0.260 e. The summed E-state index contributed by atoms with van der Waals surface area (Å²) in [6.07, 6.45) is 4.77.